The minimum Gasteiger partial charge on any atom is -0.338 e. The second-order valence-corrected chi connectivity index (χ2v) is 7.59. The summed E-state index contributed by atoms with van der Waals surface area (Å²) in [5.41, 5.74) is 1.39. The quantitative estimate of drug-likeness (QED) is 0.771. The van der Waals surface area contributed by atoms with Crippen LogP contribution < -0.4 is 5.32 Å². The van der Waals surface area contributed by atoms with E-state index in [0.29, 0.717) is 11.7 Å². The molecule has 0 radical (unpaired) electrons. The van der Waals surface area contributed by atoms with Gasteiger partial charge in [0.15, 0.2) is 5.69 Å². The fourth-order valence-corrected chi connectivity index (χ4v) is 3.69. The number of carbonyl (C=O) groups is 1. The van der Waals surface area contributed by atoms with E-state index in [1.165, 1.54) is 0 Å². The van der Waals surface area contributed by atoms with E-state index in [-0.39, 0.29) is 11.9 Å². The van der Waals surface area contributed by atoms with Crippen molar-refractivity contribution in [3.63, 3.8) is 0 Å². The highest BCUT2D eigenvalue weighted by Crippen LogP contribution is 2.21. The van der Waals surface area contributed by atoms with Crippen LogP contribution in [0.3, 0.4) is 0 Å². The number of nitrogens with one attached hydrogen (secondary N) is 1. The molecule has 0 aliphatic carbocycles. The molecule has 2 rings (SSSR count). The van der Waals surface area contributed by atoms with Crippen molar-refractivity contribution in [1.29, 1.82) is 0 Å². The second kappa shape index (κ2) is 8.68. The summed E-state index contributed by atoms with van der Waals surface area (Å²) in [4.78, 5) is 14.5. The summed E-state index contributed by atoms with van der Waals surface area (Å²) in [6, 6.07) is 0.568. The van der Waals surface area contributed by atoms with Crippen LogP contribution in [0.15, 0.2) is 0 Å². The number of rotatable bonds is 7. The summed E-state index contributed by atoms with van der Waals surface area (Å²) in [6.45, 7) is 8.21. The Bertz CT molecular complexity index is 513. The molecule has 1 aromatic rings. The van der Waals surface area contributed by atoms with E-state index in [4.69, 9.17) is 0 Å². The molecule has 6 nitrogen and oxygen atoms in total. The van der Waals surface area contributed by atoms with Crippen molar-refractivity contribution in [2.45, 2.75) is 52.1 Å². The van der Waals surface area contributed by atoms with Crippen molar-refractivity contribution < 1.29 is 4.79 Å². The molecule has 1 unspecified atom stereocenters. The summed E-state index contributed by atoms with van der Waals surface area (Å²) in [7, 11) is 1.87. The number of carbonyl (C=O) groups excluding carboxylic acids is 1. The van der Waals surface area contributed by atoms with Crippen LogP contribution >= 0.6 is 11.8 Å². The SMILES string of the molecule is CCSCCC(C)N(C)C(=O)c1nnn(C2CCNCC2)c1C. The van der Waals surface area contributed by atoms with E-state index in [1.54, 1.807) is 4.90 Å². The Balaban J connectivity index is 2.02. The predicted molar refractivity (Wildman–Crippen MR) is 95.1 cm³/mol. The monoisotopic (exact) mass is 339 g/mol. The van der Waals surface area contributed by atoms with E-state index >= 15 is 0 Å². The lowest BCUT2D eigenvalue weighted by Crippen LogP contribution is -2.36. The molecule has 1 amide bonds. The topological polar surface area (TPSA) is 63.1 Å². The second-order valence-electron chi connectivity index (χ2n) is 6.20. The third-order valence-electron chi connectivity index (χ3n) is 4.65. The first-order chi connectivity index (χ1) is 11.1. The molecular formula is C16H29N5OS. The van der Waals surface area contributed by atoms with Crippen molar-refractivity contribution in [2.75, 3.05) is 31.6 Å². The summed E-state index contributed by atoms with van der Waals surface area (Å²) >= 11 is 1.91. The Hall–Kier alpha value is -1.08. The van der Waals surface area contributed by atoms with Gasteiger partial charge in [-0.2, -0.15) is 11.8 Å². The number of amides is 1. The van der Waals surface area contributed by atoms with Crippen LogP contribution in [0.1, 0.15) is 55.3 Å². The molecule has 1 aromatic heterocycles. The normalized spacial score (nSPS) is 17.2. The zero-order chi connectivity index (χ0) is 16.8. The first-order valence-corrected chi connectivity index (χ1v) is 9.69. The van der Waals surface area contributed by atoms with Gasteiger partial charge in [0.05, 0.1) is 11.7 Å². The van der Waals surface area contributed by atoms with E-state index in [0.717, 1.165) is 49.6 Å². The summed E-state index contributed by atoms with van der Waals surface area (Å²) in [5, 5.41) is 11.8. The molecule has 23 heavy (non-hydrogen) atoms. The largest absolute Gasteiger partial charge is 0.338 e. The van der Waals surface area contributed by atoms with E-state index in [1.807, 2.05) is 30.4 Å². The molecule has 1 N–H and O–H groups in total. The van der Waals surface area contributed by atoms with Crippen LogP contribution in [0, 0.1) is 6.92 Å². The van der Waals surface area contributed by atoms with Gasteiger partial charge >= 0.3 is 0 Å². The summed E-state index contributed by atoms with van der Waals surface area (Å²) in [5.74, 6) is 2.18. The summed E-state index contributed by atoms with van der Waals surface area (Å²) < 4.78 is 1.94. The van der Waals surface area contributed by atoms with Crippen LogP contribution in [0.2, 0.25) is 0 Å². The lowest BCUT2D eigenvalue weighted by molar-refractivity contribution is 0.0734. The van der Waals surface area contributed by atoms with Gasteiger partial charge in [-0.1, -0.05) is 12.1 Å². The molecule has 7 heteroatoms. The molecule has 1 fully saturated rings. The molecule has 130 valence electrons. The Morgan fingerprint density at radius 3 is 2.83 bits per heavy atom. The maximum Gasteiger partial charge on any atom is 0.276 e. The molecule has 1 saturated heterocycles. The number of piperidine rings is 1. The highest BCUT2D eigenvalue weighted by molar-refractivity contribution is 7.99. The lowest BCUT2D eigenvalue weighted by atomic mass is 10.1. The fourth-order valence-electron chi connectivity index (χ4n) is 2.90. The first kappa shape index (κ1) is 18.3. The summed E-state index contributed by atoms with van der Waals surface area (Å²) in [6.07, 6.45) is 3.08. The predicted octanol–water partition coefficient (Wildman–Crippen LogP) is 2.11. The van der Waals surface area contributed by atoms with E-state index in [2.05, 4.69) is 29.5 Å². The van der Waals surface area contributed by atoms with E-state index in [9.17, 15) is 4.79 Å². The Kier molecular flexibility index (Phi) is 6.89. The number of nitrogens with zero attached hydrogens (tertiary/aromatic N) is 4. The zero-order valence-electron chi connectivity index (χ0n) is 14.7. The van der Waals surface area contributed by atoms with Gasteiger partial charge < -0.3 is 10.2 Å². The van der Waals surface area contributed by atoms with Crippen LogP contribution in [-0.4, -0.2) is 63.5 Å². The third-order valence-corrected chi connectivity index (χ3v) is 5.58. The standard InChI is InChI=1S/C16H29N5OS/c1-5-23-11-8-12(2)20(4)16(22)15-13(3)21(19-18-15)14-6-9-17-10-7-14/h12,14,17H,5-11H2,1-4H3. The van der Waals surface area contributed by atoms with Crippen LogP contribution in [0.5, 0.6) is 0 Å². The first-order valence-electron chi connectivity index (χ1n) is 8.53. The van der Waals surface area contributed by atoms with Crippen molar-refractivity contribution in [1.82, 2.24) is 25.2 Å². The number of aromatic nitrogens is 3. The maximum atomic E-state index is 12.7. The Morgan fingerprint density at radius 1 is 1.48 bits per heavy atom. The molecule has 0 aromatic carbocycles. The van der Waals surface area contributed by atoms with Gasteiger partial charge in [0, 0.05) is 13.1 Å². The molecule has 1 aliphatic heterocycles. The van der Waals surface area contributed by atoms with Gasteiger partial charge in [-0.05, 0) is 57.7 Å². The van der Waals surface area contributed by atoms with Gasteiger partial charge in [-0.15, -0.1) is 5.10 Å². The fraction of sp³-hybridized carbons (Fsp3) is 0.812. The van der Waals surface area contributed by atoms with Gasteiger partial charge in [0.1, 0.15) is 0 Å². The van der Waals surface area contributed by atoms with Gasteiger partial charge in [-0.3, -0.25) is 4.79 Å². The van der Waals surface area contributed by atoms with Gasteiger partial charge in [0.25, 0.3) is 5.91 Å². The molecule has 0 saturated carbocycles. The van der Waals surface area contributed by atoms with E-state index < -0.39 is 0 Å². The molecule has 1 aliphatic rings. The van der Waals surface area contributed by atoms with Crippen LogP contribution in [0.25, 0.3) is 0 Å². The Labute approximate surface area is 143 Å². The van der Waals surface area contributed by atoms with Gasteiger partial charge in [-0.25, -0.2) is 4.68 Å². The van der Waals surface area contributed by atoms with Crippen molar-refractivity contribution in [2.24, 2.45) is 0 Å². The highest BCUT2D eigenvalue weighted by atomic mass is 32.2. The Morgan fingerprint density at radius 2 is 2.17 bits per heavy atom. The molecule has 0 spiro atoms. The number of thioether (sulfide) groups is 1. The lowest BCUT2D eigenvalue weighted by Gasteiger charge is -2.25. The smallest absolute Gasteiger partial charge is 0.276 e. The van der Waals surface area contributed by atoms with Crippen molar-refractivity contribution in [3.8, 4) is 0 Å². The third kappa shape index (κ3) is 4.47. The minimum atomic E-state index is -0.0170. The number of hydrogen-bond donors (Lipinski definition) is 1. The molecule has 0 bridgehead atoms. The minimum absolute atomic E-state index is 0.0170. The molecule has 2 heterocycles. The van der Waals surface area contributed by atoms with Gasteiger partial charge in [0.2, 0.25) is 0 Å². The molecule has 1 atom stereocenters. The van der Waals surface area contributed by atoms with Crippen molar-refractivity contribution >= 4 is 17.7 Å². The average molecular weight is 340 g/mol. The maximum absolute atomic E-state index is 12.7. The number of hydrogen-bond acceptors (Lipinski definition) is 5. The highest BCUT2D eigenvalue weighted by Gasteiger charge is 2.26. The van der Waals surface area contributed by atoms with Crippen molar-refractivity contribution in [3.05, 3.63) is 11.4 Å². The average Bonchev–Trinajstić information content (AvgIpc) is 2.96. The van der Waals surface area contributed by atoms with Crippen LogP contribution in [0.4, 0.5) is 0 Å². The molecular weight excluding hydrogens is 310 g/mol. The zero-order valence-corrected chi connectivity index (χ0v) is 15.5. The van der Waals surface area contributed by atoms with Crippen LogP contribution in [-0.2, 0) is 0 Å².